The molecule has 19 heavy (non-hydrogen) atoms. The molecule has 2 aliphatic rings. The number of nitrogens with zero attached hydrogens (tertiary/aromatic N) is 2. The van der Waals surface area contributed by atoms with E-state index in [0.717, 1.165) is 30.7 Å². The molecule has 2 unspecified atom stereocenters. The number of fused-ring (bicyclic) bond motifs is 2. The third-order valence-electron chi connectivity index (χ3n) is 4.44. The fraction of sp³-hybridized carbons (Fsp3) is 0.688. The van der Waals surface area contributed by atoms with Crippen molar-refractivity contribution in [3.63, 3.8) is 0 Å². The van der Waals surface area contributed by atoms with Gasteiger partial charge in [0.25, 0.3) is 0 Å². The highest BCUT2D eigenvalue weighted by Crippen LogP contribution is 2.37. The maximum atomic E-state index is 4.79. The van der Waals surface area contributed by atoms with Crippen LogP contribution in [-0.2, 0) is 13.1 Å². The van der Waals surface area contributed by atoms with Gasteiger partial charge in [0.05, 0.1) is 11.4 Å². The number of aromatic nitrogens is 1. The summed E-state index contributed by atoms with van der Waals surface area (Å²) in [4.78, 5) is 7.42. The molecule has 0 spiro atoms. The van der Waals surface area contributed by atoms with E-state index < -0.39 is 0 Å². The molecule has 3 rings (SSSR count). The number of nitrogens with one attached hydrogen (secondary N) is 1. The van der Waals surface area contributed by atoms with E-state index in [2.05, 4.69) is 42.3 Å². The van der Waals surface area contributed by atoms with Gasteiger partial charge in [-0.1, -0.05) is 19.9 Å². The number of hydrogen-bond donors (Lipinski definition) is 1. The van der Waals surface area contributed by atoms with Gasteiger partial charge in [-0.15, -0.1) is 0 Å². The van der Waals surface area contributed by atoms with Gasteiger partial charge in [0.2, 0.25) is 0 Å². The van der Waals surface area contributed by atoms with E-state index >= 15 is 0 Å². The smallest absolute Gasteiger partial charge is 0.0547 e. The third kappa shape index (κ3) is 3.15. The average Bonchev–Trinajstić information content (AvgIpc) is 2.99. The lowest BCUT2D eigenvalue weighted by Gasteiger charge is -2.26. The van der Waals surface area contributed by atoms with Crippen LogP contribution < -0.4 is 5.32 Å². The summed E-state index contributed by atoms with van der Waals surface area (Å²) in [7, 11) is 0. The molecule has 104 valence electrons. The molecule has 2 bridgehead atoms. The Hall–Kier alpha value is -0.930. The van der Waals surface area contributed by atoms with Crippen molar-refractivity contribution >= 4 is 0 Å². The van der Waals surface area contributed by atoms with Gasteiger partial charge in [-0.3, -0.25) is 9.88 Å². The van der Waals surface area contributed by atoms with Gasteiger partial charge in [0.1, 0.15) is 0 Å². The zero-order chi connectivity index (χ0) is 13.2. The maximum absolute atomic E-state index is 4.79. The monoisotopic (exact) mass is 259 g/mol. The molecule has 3 nitrogen and oxygen atoms in total. The average molecular weight is 259 g/mol. The summed E-state index contributed by atoms with van der Waals surface area (Å²) in [6.45, 7) is 7.55. The Bertz CT molecular complexity index is 430. The summed E-state index contributed by atoms with van der Waals surface area (Å²) in [6, 6.07) is 7.79. The highest BCUT2D eigenvalue weighted by atomic mass is 15.2. The molecular formula is C16H25N3. The van der Waals surface area contributed by atoms with Crippen LogP contribution in [-0.4, -0.2) is 28.5 Å². The number of likely N-dealkylation sites (tertiary alicyclic amines) is 1. The molecule has 1 aliphatic carbocycles. The van der Waals surface area contributed by atoms with Gasteiger partial charge in [0, 0.05) is 31.7 Å². The number of piperidine rings is 1. The summed E-state index contributed by atoms with van der Waals surface area (Å²) in [6.07, 6.45) is 4.28. The van der Waals surface area contributed by atoms with E-state index in [1.54, 1.807) is 0 Å². The van der Waals surface area contributed by atoms with E-state index in [9.17, 15) is 0 Å². The minimum atomic E-state index is 0.514. The van der Waals surface area contributed by atoms with Crippen LogP contribution in [0.5, 0.6) is 0 Å². The molecule has 1 saturated heterocycles. The van der Waals surface area contributed by atoms with Gasteiger partial charge >= 0.3 is 0 Å². The van der Waals surface area contributed by atoms with E-state index in [0.29, 0.717) is 6.04 Å². The maximum Gasteiger partial charge on any atom is 0.0547 e. The molecule has 1 aromatic rings. The Kier molecular flexibility index (Phi) is 3.85. The largest absolute Gasteiger partial charge is 0.309 e. The van der Waals surface area contributed by atoms with Crippen LogP contribution in [0.2, 0.25) is 0 Å². The number of rotatable bonds is 5. The molecule has 2 atom stereocenters. The van der Waals surface area contributed by atoms with Gasteiger partial charge in [-0.2, -0.15) is 0 Å². The fourth-order valence-electron chi connectivity index (χ4n) is 3.45. The summed E-state index contributed by atoms with van der Waals surface area (Å²) in [5.41, 5.74) is 2.39. The summed E-state index contributed by atoms with van der Waals surface area (Å²) in [5.74, 6) is 0.968. The molecule has 1 N–H and O–H groups in total. The van der Waals surface area contributed by atoms with Crippen molar-refractivity contribution in [2.24, 2.45) is 5.92 Å². The molecule has 0 amide bonds. The van der Waals surface area contributed by atoms with Crippen molar-refractivity contribution in [2.75, 3.05) is 6.54 Å². The van der Waals surface area contributed by atoms with Crippen molar-refractivity contribution in [1.82, 2.24) is 15.2 Å². The topological polar surface area (TPSA) is 28.2 Å². The van der Waals surface area contributed by atoms with Gasteiger partial charge < -0.3 is 5.32 Å². The first-order valence-corrected chi connectivity index (χ1v) is 7.63. The van der Waals surface area contributed by atoms with E-state index in [-0.39, 0.29) is 0 Å². The third-order valence-corrected chi connectivity index (χ3v) is 4.44. The van der Waals surface area contributed by atoms with E-state index in [1.807, 2.05) is 0 Å². The van der Waals surface area contributed by atoms with Crippen LogP contribution in [0.1, 0.15) is 44.5 Å². The molecule has 0 radical (unpaired) electrons. The zero-order valence-corrected chi connectivity index (χ0v) is 12.1. The van der Waals surface area contributed by atoms with Gasteiger partial charge in [0.15, 0.2) is 0 Å². The Labute approximate surface area is 116 Å². The predicted octanol–water partition coefficient (Wildman–Crippen LogP) is 2.56. The quantitative estimate of drug-likeness (QED) is 0.881. The zero-order valence-electron chi connectivity index (χ0n) is 12.1. The highest BCUT2D eigenvalue weighted by Gasteiger charge is 2.37. The molecule has 2 heterocycles. The minimum Gasteiger partial charge on any atom is -0.309 e. The lowest BCUT2D eigenvalue weighted by molar-refractivity contribution is 0.203. The highest BCUT2D eigenvalue weighted by molar-refractivity contribution is 5.12. The summed E-state index contributed by atoms with van der Waals surface area (Å²) < 4.78 is 0. The fourth-order valence-corrected chi connectivity index (χ4v) is 3.45. The van der Waals surface area contributed by atoms with Crippen LogP contribution in [0.15, 0.2) is 18.2 Å². The summed E-state index contributed by atoms with van der Waals surface area (Å²) in [5, 5.41) is 3.43. The molecule has 1 aliphatic heterocycles. The van der Waals surface area contributed by atoms with Crippen molar-refractivity contribution < 1.29 is 0 Å². The Morgan fingerprint density at radius 2 is 2.16 bits per heavy atom. The van der Waals surface area contributed by atoms with Crippen LogP contribution in [0.25, 0.3) is 0 Å². The molecule has 1 aromatic heterocycles. The molecular weight excluding hydrogens is 234 g/mol. The van der Waals surface area contributed by atoms with Crippen LogP contribution in [0.4, 0.5) is 0 Å². The second-order valence-electron chi connectivity index (χ2n) is 6.42. The Morgan fingerprint density at radius 1 is 1.32 bits per heavy atom. The lowest BCUT2D eigenvalue weighted by atomic mass is 10.1. The van der Waals surface area contributed by atoms with E-state index in [1.165, 1.54) is 31.5 Å². The second kappa shape index (κ2) is 5.59. The van der Waals surface area contributed by atoms with Crippen LogP contribution in [0, 0.1) is 5.92 Å². The summed E-state index contributed by atoms with van der Waals surface area (Å²) >= 11 is 0. The van der Waals surface area contributed by atoms with Gasteiger partial charge in [-0.25, -0.2) is 0 Å². The first-order chi connectivity index (χ1) is 9.20. The first kappa shape index (κ1) is 13.1. The molecule has 0 aromatic carbocycles. The molecule has 3 heteroatoms. The first-order valence-electron chi connectivity index (χ1n) is 7.63. The standard InChI is InChI=1S/C16H25N3/c1-12(2)17-9-14-4-3-5-15(18-14)11-19-10-13-6-7-16(19)8-13/h3-5,12-13,16-17H,6-11H2,1-2H3. The normalized spacial score (nSPS) is 26.5. The van der Waals surface area contributed by atoms with Crippen molar-refractivity contribution in [2.45, 2.75) is 58.3 Å². The second-order valence-corrected chi connectivity index (χ2v) is 6.42. The SMILES string of the molecule is CC(C)NCc1cccc(CN2CC3CCC2C3)n1. The number of hydrogen-bond acceptors (Lipinski definition) is 3. The Balaban J connectivity index is 1.60. The molecule has 1 saturated carbocycles. The van der Waals surface area contributed by atoms with Crippen molar-refractivity contribution in [3.05, 3.63) is 29.6 Å². The minimum absolute atomic E-state index is 0.514. The Morgan fingerprint density at radius 3 is 2.84 bits per heavy atom. The van der Waals surface area contributed by atoms with Crippen LogP contribution in [0.3, 0.4) is 0 Å². The molecule has 2 fully saturated rings. The lowest BCUT2D eigenvalue weighted by Crippen LogP contribution is -2.31. The van der Waals surface area contributed by atoms with Gasteiger partial charge in [-0.05, 0) is 37.3 Å². The predicted molar refractivity (Wildman–Crippen MR) is 77.8 cm³/mol. The number of pyridine rings is 1. The van der Waals surface area contributed by atoms with Crippen molar-refractivity contribution in [3.8, 4) is 0 Å². The van der Waals surface area contributed by atoms with E-state index in [4.69, 9.17) is 4.98 Å². The van der Waals surface area contributed by atoms with Crippen molar-refractivity contribution in [1.29, 1.82) is 0 Å². The van der Waals surface area contributed by atoms with Crippen LogP contribution >= 0.6 is 0 Å².